The lowest BCUT2D eigenvalue weighted by Crippen LogP contribution is -2.32. The fraction of sp³-hybridized carbons (Fsp3) is 0.462. The summed E-state index contributed by atoms with van der Waals surface area (Å²) >= 11 is 11.6. The zero-order valence-corrected chi connectivity index (χ0v) is 14.1. The minimum atomic E-state index is -3.79. The quantitative estimate of drug-likeness (QED) is 0.813. The summed E-state index contributed by atoms with van der Waals surface area (Å²) in [6.07, 6.45) is 1.32. The first kappa shape index (κ1) is 18.2. The molecule has 0 heterocycles. The smallest absolute Gasteiger partial charge is 0.337 e. The third-order valence-electron chi connectivity index (χ3n) is 2.82. The standard InChI is InChI=1S/C13H17Cl2NO4S/c1-3-5-16(6-4-2)21(19,20)9-7-10(13(17)18)12(15)11(14)8-9/h7-8H,3-6H2,1-2H3,(H,17,18). The van der Waals surface area contributed by atoms with Crippen molar-refractivity contribution in [1.82, 2.24) is 4.31 Å². The summed E-state index contributed by atoms with van der Waals surface area (Å²) in [5.41, 5.74) is -0.323. The van der Waals surface area contributed by atoms with Gasteiger partial charge in [0.05, 0.1) is 20.5 Å². The van der Waals surface area contributed by atoms with E-state index in [2.05, 4.69) is 0 Å². The number of hydrogen-bond donors (Lipinski definition) is 1. The minimum absolute atomic E-state index is 0.0944. The van der Waals surface area contributed by atoms with Crippen LogP contribution in [0, 0.1) is 0 Å². The van der Waals surface area contributed by atoms with Crippen LogP contribution in [-0.2, 0) is 10.0 Å². The number of hydrogen-bond acceptors (Lipinski definition) is 3. The van der Waals surface area contributed by atoms with Crippen LogP contribution in [0.4, 0.5) is 0 Å². The van der Waals surface area contributed by atoms with E-state index >= 15 is 0 Å². The molecule has 0 aliphatic heterocycles. The lowest BCUT2D eigenvalue weighted by Gasteiger charge is -2.21. The van der Waals surface area contributed by atoms with Crippen LogP contribution in [-0.4, -0.2) is 36.9 Å². The lowest BCUT2D eigenvalue weighted by molar-refractivity contribution is 0.0697. The average Bonchev–Trinajstić information content (AvgIpc) is 2.40. The topological polar surface area (TPSA) is 74.7 Å². The summed E-state index contributed by atoms with van der Waals surface area (Å²) in [7, 11) is -3.79. The van der Waals surface area contributed by atoms with Gasteiger partial charge in [-0.2, -0.15) is 4.31 Å². The highest BCUT2D eigenvalue weighted by atomic mass is 35.5. The molecule has 0 aromatic heterocycles. The van der Waals surface area contributed by atoms with Gasteiger partial charge in [0.15, 0.2) is 0 Å². The van der Waals surface area contributed by atoms with Crippen LogP contribution in [0.2, 0.25) is 10.0 Å². The van der Waals surface area contributed by atoms with Gasteiger partial charge in [0.2, 0.25) is 10.0 Å². The van der Waals surface area contributed by atoms with Crippen LogP contribution in [0.15, 0.2) is 17.0 Å². The molecule has 0 unspecified atom stereocenters. The van der Waals surface area contributed by atoms with Crippen molar-refractivity contribution >= 4 is 39.2 Å². The second-order valence-corrected chi connectivity index (χ2v) is 7.20. The normalized spacial score (nSPS) is 11.9. The van der Waals surface area contributed by atoms with Gasteiger partial charge in [-0.3, -0.25) is 0 Å². The molecular weight excluding hydrogens is 337 g/mol. The zero-order chi connectivity index (χ0) is 16.2. The number of rotatable bonds is 7. The van der Waals surface area contributed by atoms with E-state index in [1.54, 1.807) is 0 Å². The molecule has 0 fully saturated rings. The maximum Gasteiger partial charge on any atom is 0.337 e. The fourth-order valence-corrected chi connectivity index (χ4v) is 4.02. The summed E-state index contributed by atoms with van der Waals surface area (Å²) in [4.78, 5) is 11.0. The summed E-state index contributed by atoms with van der Waals surface area (Å²) in [6.45, 7) is 4.46. The molecule has 1 aromatic rings. The second-order valence-electron chi connectivity index (χ2n) is 4.48. The van der Waals surface area contributed by atoms with Gasteiger partial charge in [-0.25, -0.2) is 13.2 Å². The Kier molecular flexibility index (Phi) is 6.46. The zero-order valence-electron chi connectivity index (χ0n) is 11.8. The van der Waals surface area contributed by atoms with Gasteiger partial charge in [-0.1, -0.05) is 37.0 Å². The predicted molar refractivity (Wildman–Crippen MR) is 82.8 cm³/mol. The van der Waals surface area contributed by atoms with Crippen LogP contribution in [0.1, 0.15) is 37.0 Å². The van der Waals surface area contributed by atoms with Crippen LogP contribution < -0.4 is 0 Å². The van der Waals surface area contributed by atoms with Gasteiger partial charge in [-0.15, -0.1) is 0 Å². The van der Waals surface area contributed by atoms with Gasteiger partial charge >= 0.3 is 5.97 Å². The summed E-state index contributed by atoms with van der Waals surface area (Å²) in [5, 5.41) is 8.81. The first-order chi connectivity index (χ1) is 9.75. The molecule has 0 atom stereocenters. The molecule has 0 aliphatic carbocycles. The third kappa shape index (κ3) is 4.10. The summed E-state index contributed by atoms with van der Waals surface area (Å²) in [6, 6.07) is 2.23. The van der Waals surface area contributed by atoms with E-state index in [1.165, 1.54) is 10.4 Å². The first-order valence-electron chi connectivity index (χ1n) is 6.48. The van der Waals surface area contributed by atoms with E-state index in [9.17, 15) is 13.2 Å². The maximum atomic E-state index is 12.6. The average molecular weight is 354 g/mol. The second kappa shape index (κ2) is 7.45. The molecule has 0 radical (unpaired) electrons. The van der Waals surface area contributed by atoms with Crippen molar-refractivity contribution in [2.75, 3.05) is 13.1 Å². The number of aromatic carboxylic acids is 1. The van der Waals surface area contributed by atoms with E-state index in [-0.39, 0.29) is 20.5 Å². The predicted octanol–water partition coefficient (Wildman–Crippen LogP) is 3.50. The molecule has 0 saturated heterocycles. The van der Waals surface area contributed by atoms with Crippen LogP contribution >= 0.6 is 23.2 Å². The first-order valence-corrected chi connectivity index (χ1v) is 8.67. The van der Waals surface area contributed by atoms with Crippen molar-refractivity contribution in [3.63, 3.8) is 0 Å². The van der Waals surface area contributed by atoms with Crippen molar-refractivity contribution in [1.29, 1.82) is 0 Å². The molecule has 0 spiro atoms. The molecule has 8 heteroatoms. The number of carbonyl (C=O) groups is 1. The van der Waals surface area contributed by atoms with E-state index in [1.807, 2.05) is 13.8 Å². The largest absolute Gasteiger partial charge is 0.478 e. The Morgan fingerprint density at radius 2 is 1.71 bits per heavy atom. The van der Waals surface area contributed by atoms with Crippen molar-refractivity contribution in [3.8, 4) is 0 Å². The van der Waals surface area contributed by atoms with E-state index < -0.39 is 16.0 Å². The van der Waals surface area contributed by atoms with E-state index in [0.717, 1.165) is 6.07 Å². The Hall–Kier alpha value is -0.820. The van der Waals surface area contributed by atoms with E-state index in [4.69, 9.17) is 28.3 Å². The molecule has 5 nitrogen and oxygen atoms in total. The van der Waals surface area contributed by atoms with E-state index in [0.29, 0.717) is 25.9 Å². The van der Waals surface area contributed by atoms with Crippen LogP contribution in [0.3, 0.4) is 0 Å². The Balaban J connectivity index is 3.40. The van der Waals surface area contributed by atoms with Crippen molar-refractivity contribution in [2.45, 2.75) is 31.6 Å². The minimum Gasteiger partial charge on any atom is -0.478 e. The Morgan fingerprint density at radius 3 is 2.14 bits per heavy atom. The highest BCUT2D eigenvalue weighted by Crippen LogP contribution is 2.30. The van der Waals surface area contributed by atoms with Gasteiger partial charge in [-0.05, 0) is 25.0 Å². The number of carboxylic acid groups (broad SMARTS) is 1. The monoisotopic (exact) mass is 353 g/mol. The molecule has 0 amide bonds. The highest BCUT2D eigenvalue weighted by molar-refractivity contribution is 7.89. The summed E-state index contributed by atoms with van der Waals surface area (Å²) < 4.78 is 26.5. The molecule has 21 heavy (non-hydrogen) atoms. The Labute approximate surface area is 134 Å². The maximum absolute atomic E-state index is 12.6. The van der Waals surface area contributed by atoms with Crippen molar-refractivity contribution in [3.05, 3.63) is 27.7 Å². The molecule has 1 N–H and O–H groups in total. The molecule has 118 valence electrons. The number of benzene rings is 1. The fourth-order valence-electron chi connectivity index (χ4n) is 1.87. The number of sulfonamides is 1. The SMILES string of the molecule is CCCN(CCC)S(=O)(=O)c1cc(Cl)c(Cl)c(C(=O)O)c1. The van der Waals surface area contributed by atoms with Gasteiger partial charge < -0.3 is 5.11 Å². The summed E-state index contributed by atoms with van der Waals surface area (Å²) in [5.74, 6) is -1.32. The molecular formula is C13H17Cl2NO4S. The van der Waals surface area contributed by atoms with Crippen molar-refractivity contribution in [2.24, 2.45) is 0 Å². The Morgan fingerprint density at radius 1 is 1.19 bits per heavy atom. The number of carboxylic acids is 1. The highest BCUT2D eigenvalue weighted by Gasteiger charge is 2.26. The number of halogens is 2. The third-order valence-corrected chi connectivity index (χ3v) is 5.49. The molecule has 1 rings (SSSR count). The molecule has 0 bridgehead atoms. The molecule has 0 aliphatic rings. The molecule has 1 aromatic carbocycles. The van der Waals surface area contributed by atoms with Gasteiger partial charge in [0, 0.05) is 13.1 Å². The van der Waals surface area contributed by atoms with Crippen LogP contribution in [0.25, 0.3) is 0 Å². The number of nitrogens with zero attached hydrogens (tertiary/aromatic N) is 1. The Bertz CT molecular complexity index is 625. The lowest BCUT2D eigenvalue weighted by atomic mass is 10.2. The van der Waals surface area contributed by atoms with Gasteiger partial charge in [0.25, 0.3) is 0 Å². The van der Waals surface area contributed by atoms with Gasteiger partial charge in [0.1, 0.15) is 0 Å². The van der Waals surface area contributed by atoms with Crippen molar-refractivity contribution < 1.29 is 18.3 Å². The van der Waals surface area contributed by atoms with Crippen LogP contribution in [0.5, 0.6) is 0 Å². The molecule has 0 saturated carbocycles.